The van der Waals surface area contributed by atoms with Crippen LogP contribution in [0.3, 0.4) is 0 Å². The average Bonchev–Trinajstić information content (AvgIpc) is 3.18. The van der Waals surface area contributed by atoms with Crippen molar-refractivity contribution in [1.29, 1.82) is 0 Å². The standard InChI is InChI=1S/C19H28N2O4/c1-24-16-5-2-4-15(14-16)19(23)7-10-21(11-8-19)12-9-20-18(22)17-6-3-13-25-17/h2,4-5,14,17,23H,3,6-13H2,1H3,(H,20,22). The van der Waals surface area contributed by atoms with E-state index in [1.165, 1.54) is 0 Å². The molecule has 1 unspecified atom stereocenters. The fourth-order valence-corrected chi connectivity index (χ4v) is 3.58. The fourth-order valence-electron chi connectivity index (χ4n) is 3.58. The van der Waals surface area contributed by atoms with Crippen molar-refractivity contribution in [3.63, 3.8) is 0 Å². The summed E-state index contributed by atoms with van der Waals surface area (Å²) in [5.41, 5.74) is 0.115. The van der Waals surface area contributed by atoms with Gasteiger partial charge in [0.15, 0.2) is 0 Å². The van der Waals surface area contributed by atoms with Gasteiger partial charge in [-0.25, -0.2) is 0 Å². The number of hydrogen-bond donors (Lipinski definition) is 2. The first kappa shape index (κ1) is 18.2. The summed E-state index contributed by atoms with van der Waals surface area (Å²) in [4.78, 5) is 14.2. The van der Waals surface area contributed by atoms with Gasteiger partial charge in [0.05, 0.1) is 12.7 Å². The van der Waals surface area contributed by atoms with Crippen molar-refractivity contribution in [3.8, 4) is 5.75 Å². The molecule has 0 bridgehead atoms. The molecule has 6 nitrogen and oxygen atoms in total. The predicted molar refractivity (Wildman–Crippen MR) is 94.5 cm³/mol. The first-order valence-electron chi connectivity index (χ1n) is 9.09. The molecule has 2 aliphatic heterocycles. The van der Waals surface area contributed by atoms with Crippen LogP contribution in [-0.2, 0) is 15.1 Å². The summed E-state index contributed by atoms with van der Waals surface area (Å²) in [5.74, 6) is 0.771. The van der Waals surface area contributed by atoms with Gasteiger partial charge in [-0.3, -0.25) is 4.79 Å². The number of piperidine rings is 1. The highest BCUT2D eigenvalue weighted by molar-refractivity contribution is 5.80. The summed E-state index contributed by atoms with van der Waals surface area (Å²) >= 11 is 0. The topological polar surface area (TPSA) is 71.0 Å². The summed E-state index contributed by atoms with van der Waals surface area (Å²) < 4.78 is 10.6. The van der Waals surface area contributed by atoms with Gasteiger partial charge in [0.2, 0.25) is 5.91 Å². The SMILES string of the molecule is COc1cccc(C2(O)CCN(CCNC(=O)C3CCCO3)CC2)c1. The van der Waals surface area contributed by atoms with Gasteiger partial charge in [0.1, 0.15) is 11.9 Å². The first-order chi connectivity index (χ1) is 12.1. The molecule has 0 aromatic heterocycles. The van der Waals surface area contributed by atoms with Crippen molar-refractivity contribution in [3.05, 3.63) is 29.8 Å². The van der Waals surface area contributed by atoms with Gasteiger partial charge in [-0.15, -0.1) is 0 Å². The van der Waals surface area contributed by atoms with E-state index in [0.29, 0.717) is 26.0 Å². The Morgan fingerprint density at radius 1 is 1.44 bits per heavy atom. The van der Waals surface area contributed by atoms with Crippen LogP contribution >= 0.6 is 0 Å². The van der Waals surface area contributed by atoms with Crippen LogP contribution in [0.25, 0.3) is 0 Å². The lowest BCUT2D eigenvalue weighted by molar-refractivity contribution is -0.130. The number of carbonyl (C=O) groups excluding carboxylic acids is 1. The minimum Gasteiger partial charge on any atom is -0.497 e. The molecule has 1 aromatic carbocycles. The van der Waals surface area contributed by atoms with E-state index in [1.54, 1.807) is 7.11 Å². The van der Waals surface area contributed by atoms with Gasteiger partial charge in [-0.2, -0.15) is 0 Å². The molecule has 0 saturated carbocycles. The molecule has 1 aromatic rings. The number of methoxy groups -OCH3 is 1. The van der Waals surface area contributed by atoms with Crippen LogP contribution in [0.1, 0.15) is 31.2 Å². The molecule has 6 heteroatoms. The Labute approximate surface area is 149 Å². The average molecular weight is 348 g/mol. The number of nitrogens with zero attached hydrogens (tertiary/aromatic N) is 1. The Morgan fingerprint density at radius 3 is 2.92 bits per heavy atom. The Balaban J connectivity index is 1.44. The Morgan fingerprint density at radius 2 is 2.24 bits per heavy atom. The van der Waals surface area contributed by atoms with Gasteiger partial charge in [-0.05, 0) is 43.4 Å². The lowest BCUT2D eigenvalue weighted by atomic mass is 9.84. The van der Waals surface area contributed by atoms with Crippen LogP contribution < -0.4 is 10.1 Å². The van der Waals surface area contributed by atoms with Crippen molar-refractivity contribution in [2.75, 3.05) is 39.9 Å². The van der Waals surface area contributed by atoms with E-state index >= 15 is 0 Å². The molecule has 25 heavy (non-hydrogen) atoms. The molecule has 2 N–H and O–H groups in total. The number of benzene rings is 1. The molecule has 3 rings (SSSR count). The molecule has 2 aliphatic rings. The molecular formula is C19H28N2O4. The maximum absolute atomic E-state index is 11.9. The predicted octanol–water partition coefficient (Wildman–Crippen LogP) is 1.27. The zero-order valence-corrected chi connectivity index (χ0v) is 14.9. The monoisotopic (exact) mass is 348 g/mol. The number of aliphatic hydroxyl groups is 1. The zero-order chi connectivity index (χ0) is 17.7. The van der Waals surface area contributed by atoms with Crippen LogP contribution in [0.4, 0.5) is 0 Å². The van der Waals surface area contributed by atoms with Crippen molar-refractivity contribution in [2.24, 2.45) is 0 Å². The largest absolute Gasteiger partial charge is 0.497 e. The highest BCUT2D eigenvalue weighted by Gasteiger charge is 2.34. The number of nitrogens with one attached hydrogen (secondary N) is 1. The van der Waals surface area contributed by atoms with Gasteiger partial charge in [0.25, 0.3) is 0 Å². The lowest BCUT2D eigenvalue weighted by Crippen LogP contribution is -2.46. The number of ether oxygens (including phenoxy) is 2. The molecule has 2 heterocycles. The molecule has 0 radical (unpaired) electrons. The van der Waals surface area contributed by atoms with E-state index in [2.05, 4.69) is 10.2 Å². The summed E-state index contributed by atoms with van der Waals surface area (Å²) in [7, 11) is 1.64. The van der Waals surface area contributed by atoms with Crippen molar-refractivity contribution in [1.82, 2.24) is 10.2 Å². The third-order valence-electron chi connectivity index (χ3n) is 5.24. The summed E-state index contributed by atoms with van der Waals surface area (Å²) in [6.07, 6.45) is 2.88. The van der Waals surface area contributed by atoms with Gasteiger partial charge in [0, 0.05) is 32.8 Å². The molecule has 1 atom stereocenters. The van der Waals surface area contributed by atoms with Gasteiger partial charge < -0.3 is 24.8 Å². The summed E-state index contributed by atoms with van der Waals surface area (Å²) in [5, 5.41) is 13.9. The normalized spacial score (nSPS) is 23.4. The number of hydrogen-bond acceptors (Lipinski definition) is 5. The maximum Gasteiger partial charge on any atom is 0.249 e. The molecule has 2 saturated heterocycles. The maximum atomic E-state index is 11.9. The minimum absolute atomic E-state index is 0.00222. The number of likely N-dealkylation sites (tertiary alicyclic amines) is 1. The molecule has 0 aliphatic carbocycles. The highest BCUT2D eigenvalue weighted by atomic mass is 16.5. The van der Waals surface area contributed by atoms with Crippen LogP contribution in [-0.4, -0.2) is 61.9 Å². The number of carbonyl (C=O) groups is 1. The molecular weight excluding hydrogens is 320 g/mol. The molecule has 1 amide bonds. The van der Waals surface area contributed by atoms with E-state index in [0.717, 1.165) is 43.8 Å². The fraction of sp³-hybridized carbons (Fsp3) is 0.632. The zero-order valence-electron chi connectivity index (χ0n) is 14.9. The summed E-state index contributed by atoms with van der Waals surface area (Å²) in [6, 6.07) is 7.68. The van der Waals surface area contributed by atoms with Crippen LogP contribution in [0.15, 0.2) is 24.3 Å². The second-order valence-corrected chi connectivity index (χ2v) is 6.90. The minimum atomic E-state index is -0.800. The van der Waals surface area contributed by atoms with E-state index in [1.807, 2.05) is 24.3 Å². The second kappa shape index (κ2) is 8.17. The smallest absolute Gasteiger partial charge is 0.249 e. The van der Waals surface area contributed by atoms with Crippen LogP contribution in [0, 0.1) is 0 Å². The lowest BCUT2D eigenvalue weighted by Gasteiger charge is -2.38. The Bertz CT molecular complexity index is 579. The van der Waals surface area contributed by atoms with E-state index in [9.17, 15) is 9.90 Å². The van der Waals surface area contributed by atoms with E-state index in [4.69, 9.17) is 9.47 Å². The number of rotatable bonds is 6. The first-order valence-corrected chi connectivity index (χ1v) is 9.09. The van der Waals surface area contributed by atoms with Gasteiger partial charge >= 0.3 is 0 Å². The molecule has 2 fully saturated rings. The van der Waals surface area contributed by atoms with E-state index in [-0.39, 0.29) is 12.0 Å². The van der Waals surface area contributed by atoms with Crippen molar-refractivity contribution < 1.29 is 19.4 Å². The third kappa shape index (κ3) is 4.51. The highest BCUT2D eigenvalue weighted by Crippen LogP contribution is 2.34. The van der Waals surface area contributed by atoms with Gasteiger partial charge in [-0.1, -0.05) is 12.1 Å². The van der Waals surface area contributed by atoms with Crippen molar-refractivity contribution >= 4 is 5.91 Å². The van der Waals surface area contributed by atoms with E-state index < -0.39 is 5.60 Å². The molecule has 138 valence electrons. The second-order valence-electron chi connectivity index (χ2n) is 6.90. The summed E-state index contributed by atoms with van der Waals surface area (Å²) in [6.45, 7) is 3.73. The third-order valence-corrected chi connectivity index (χ3v) is 5.24. The Hall–Kier alpha value is -1.63. The van der Waals surface area contributed by atoms with Crippen LogP contribution in [0.5, 0.6) is 5.75 Å². The van der Waals surface area contributed by atoms with Crippen molar-refractivity contribution in [2.45, 2.75) is 37.4 Å². The number of amides is 1. The van der Waals surface area contributed by atoms with Crippen LogP contribution in [0.2, 0.25) is 0 Å². The molecule has 0 spiro atoms. The Kier molecular flexibility index (Phi) is 5.93. The quantitative estimate of drug-likeness (QED) is 0.810.